The summed E-state index contributed by atoms with van der Waals surface area (Å²) in [6.45, 7) is 3.45. The lowest BCUT2D eigenvalue weighted by atomic mass is 9.90. The second kappa shape index (κ2) is 6.89. The predicted molar refractivity (Wildman–Crippen MR) is 91.1 cm³/mol. The van der Waals surface area contributed by atoms with Gasteiger partial charge in [0.15, 0.2) is 0 Å². The standard InChI is InChI=1S/C17H22ClN3O2/c1-19-8-9-21(16(22)12-19)15-6-2-4-13(10-15)14-5-3-7-20(11-14)17(18)23/h2,4,6,10,14H,3,5,7-9,11-12H2,1H3. The lowest BCUT2D eigenvalue weighted by molar-refractivity contribution is -0.120. The Hall–Kier alpha value is -1.59. The van der Waals surface area contributed by atoms with Crippen LogP contribution < -0.4 is 4.90 Å². The maximum absolute atomic E-state index is 12.2. The van der Waals surface area contributed by atoms with Gasteiger partial charge in [0.25, 0.3) is 0 Å². The van der Waals surface area contributed by atoms with Gasteiger partial charge in [0, 0.05) is 37.8 Å². The minimum Gasteiger partial charge on any atom is -0.329 e. The van der Waals surface area contributed by atoms with Crippen LogP contribution >= 0.6 is 11.6 Å². The van der Waals surface area contributed by atoms with E-state index in [0.717, 1.165) is 38.2 Å². The van der Waals surface area contributed by atoms with Gasteiger partial charge in [-0.1, -0.05) is 12.1 Å². The van der Waals surface area contributed by atoms with Crippen molar-refractivity contribution in [2.75, 3.05) is 44.7 Å². The fourth-order valence-corrected chi connectivity index (χ4v) is 3.57. The van der Waals surface area contributed by atoms with Crippen LogP contribution in [0.15, 0.2) is 24.3 Å². The van der Waals surface area contributed by atoms with E-state index in [9.17, 15) is 9.59 Å². The molecule has 0 spiro atoms. The summed E-state index contributed by atoms with van der Waals surface area (Å²) in [4.78, 5) is 29.2. The number of nitrogens with zero attached hydrogens (tertiary/aromatic N) is 3. The molecule has 3 rings (SSSR count). The molecule has 2 fully saturated rings. The van der Waals surface area contributed by atoms with Crippen molar-refractivity contribution in [1.29, 1.82) is 0 Å². The highest BCUT2D eigenvalue weighted by Gasteiger charge is 2.26. The maximum Gasteiger partial charge on any atom is 0.316 e. The second-order valence-corrected chi connectivity index (χ2v) is 6.74. The number of rotatable bonds is 2. The van der Waals surface area contributed by atoms with E-state index in [0.29, 0.717) is 13.1 Å². The van der Waals surface area contributed by atoms with Crippen molar-refractivity contribution in [2.45, 2.75) is 18.8 Å². The number of likely N-dealkylation sites (N-methyl/N-ethyl adjacent to an activating group) is 1. The van der Waals surface area contributed by atoms with Gasteiger partial charge in [-0.2, -0.15) is 0 Å². The third-order valence-corrected chi connectivity index (χ3v) is 4.97. The minimum absolute atomic E-state index is 0.136. The summed E-state index contributed by atoms with van der Waals surface area (Å²) in [6, 6.07) is 8.16. The molecule has 1 aromatic rings. The molecule has 2 aliphatic heterocycles. The molecule has 2 aliphatic rings. The Morgan fingerprint density at radius 1 is 1.26 bits per heavy atom. The number of anilines is 1. The Morgan fingerprint density at radius 3 is 2.83 bits per heavy atom. The normalized spacial score (nSPS) is 23.2. The van der Waals surface area contributed by atoms with E-state index in [-0.39, 0.29) is 17.2 Å². The minimum atomic E-state index is -0.375. The number of piperazine rings is 1. The van der Waals surface area contributed by atoms with E-state index in [1.807, 2.05) is 29.0 Å². The Bertz CT molecular complexity index is 607. The molecule has 0 aromatic heterocycles. The van der Waals surface area contributed by atoms with Crippen molar-refractivity contribution in [3.63, 3.8) is 0 Å². The van der Waals surface area contributed by atoms with Crippen LogP contribution in [0, 0.1) is 0 Å². The van der Waals surface area contributed by atoms with E-state index in [1.165, 1.54) is 5.56 Å². The molecule has 1 unspecified atom stereocenters. The van der Waals surface area contributed by atoms with Crippen LogP contribution in [0.5, 0.6) is 0 Å². The Kier molecular flexibility index (Phi) is 4.87. The summed E-state index contributed by atoms with van der Waals surface area (Å²) >= 11 is 5.62. The van der Waals surface area contributed by atoms with E-state index in [4.69, 9.17) is 11.6 Å². The smallest absolute Gasteiger partial charge is 0.316 e. The third-order valence-electron chi connectivity index (χ3n) is 4.73. The predicted octanol–water partition coefficient (Wildman–Crippen LogP) is 2.50. The first-order valence-electron chi connectivity index (χ1n) is 8.08. The molecule has 23 heavy (non-hydrogen) atoms. The number of hydrogen-bond acceptors (Lipinski definition) is 3. The van der Waals surface area contributed by atoms with Gasteiger partial charge in [0.05, 0.1) is 6.54 Å². The van der Waals surface area contributed by atoms with E-state index < -0.39 is 0 Å². The number of halogens is 1. The molecule has 0 bridgehead atoms. The molecule has 2 saturated heterocycles. The lowest BCUT2D eigenvalue weighted by Crippen LogP contribution is -2.48. The molecule has 1 aromatic carbocycles. The Morgan fingerprint density at radius 2 is 2.09 bits per heavy atom. The van der Waals surface area contributed by atoms with Gasteiger partial charge in [0.2, 0.25) is 5.91 Å². The molecular formula is C17H22ClN3O2. The van der Waals surface area contributed by atoms with Crippen LogP contribution in [0.3, 0.4) is 0 Å². The van der Waals surface area contributed by atoms with Gasteiger partial charge in [-0.25, -0.2) is 0 Å². The molecule has 124 valence electrons. The average molecular weight is 336 g/mol. The molecule has 0 aliphatic carbocycles. The second-order valence-electron chi connectivity index (χ2n) is 6.42. The van der Waals surface area contributed by atoms with E-state index in [2.05, 4.69) is 12.1 Å². The largest absolute Gasteiger partial charge is 0.329 e. The van der Waals surface area contributed by atoms with Gasteiger partial charge in [0.1, 0.15) is 0 Å². The first-order chi connectivity index (χ1) is 11.0. The number of likely N-dealkylation sites (tertiary alicyclic amines) is 1. The topological polar surface area (TPSA) is 43.9 Å². The highest BCUT2D eigenvalue weighted by molar-refractivity contribution is 6.62. The van der Waals surface area contributed by atoms with Crippen molar-refractivity contribution in [1.82, 2.24) is 9.80 Å². The molecular weight excluding hydrogens is 314 g/mol. The van der Waals surface area contributed by atoms with Crippen LogP contribution in [0.25, 0.3) is 0 Å². The summed E-state index contributed by atoms with van der Waals surface area (Å²) in [5.41, 5.74) is 2.13. The number of hydrogen-bond donors (Lipinski definition) is 0. The van der Waals surface area contributed by atoms with Crippen LogP contribution in [0.4, 0.5) is 10.5 Å². The molecule has 2 amide bonds. The summed E-state index contributed by atoms with van der Waals surface area (Å²) in [5.74, 6) is 0.422. The molecule has 0 radical (unpaired) electrons. The van der Waals surface area contributed by atoms with E-state index >= 15 is 0 Å². The van der Waals surface area contributed by atoms with Crippen molar-refractivity contribution < 1.29 is 9.59 Å². The fraction of sp³-hybridized carbons (Fsp3) is 0.529. The first kappa shape index (κ1) is 16.3. The van der Waals surface area contributed by atoms with Crippen molar-refractivity contribution in [3.8, 4) is 0 Å². The van der Waals surface area contributed by atoms with Crippen LogP contribution in [-0.2, 0) is 4.79 Å². The van der Waals surface area contributed by atoms with Crippen LogP contribution in [0.1, 0.15) is 24.3 Å². The molecule has 6 heteroatoms. The highest BCUT2D eigenvalue weighted by Crippen LogP contribution is 2.30. The Labute approximate surface area is 141 Å². The Balaban J connectivity index is 1.77. The summed E-state index contributed by atoms with van der Waals surface area (Å²) < 4.78 is 0. The number of carbonyl (C=O) groups excluding carboxylic acids is 2. The van der Waals surface area contributed by atoms with Gasteiger partial charge < -0.3 is 9.80 Å². The highest BCUT2D eigenvalue weighted by atomic mass is 35.5. The molecule has 0 N–H and O–H groups in total. The molecule has 5 nitrogen and oxygen atoms in total. The number of carbonyl (C=O) groups is 2. The summed E-state index contributed by atoms with van der Waals surface area (Å²) in [7, 11) is 1.96. The average Bonchev–Trinajstić information content (AvgIpc) is 2.55. The zero-order valence-corrected chi connectivity index (χ0v) is 14.1. The van der Waals surface area contributed by atoms with Gasteiger partial charge in [-0.3, -0.25) is 14.5 Å². The summed E-state index contributed by atoms with van der Waals surface area (Å²) in [6.07, 6.45) is 2.00. The number of piperidine rings is 1. The zero-order chi connectivity index (χ0) is 16.4. The number of benzene rings is 1. The SMILES string of the molecule is CN1CCN(c2cccc(C3CCCN(C(=O)Cl)C3)c2)C(=O)C1. The first-order valence-corrected chi connectivity index (χ1v) is 8.45. The lowest BCUT2D eigenvalue weighted by Gasteiger charge is -2.34. The van der Waals surface area contributed by atoms with Crippen LogP contribution in [0.2, 0.25) is 0 Å². The number of amides is 2. The molecule has 1 atom stereocenters. The molecule has 2 heterocycles. The van der Waals surface area contributed by atoms with Crippen molar-refractivity contribution >= 4 is 28.6 Å². The van der Waals surface area contributed by atoms with Gasteiger partial charge >= 0.3 is 5.37 Å². The molecule has 0 saturated carbocycles. The van der Waals surface area contributed by atoms with Crippen molar-refractivity contribution in [2.24, 2.45) is 0 Å². The third kappa shape index (κ3) is 3.67. The monoisotopic (exact) mass is 335 g/mol. The quantitative estimate of drug-likeness (QED) is 0.616. The maximum atomic E-state index is 12.2. The summed E-state index contributed by atoms with van der Waals surface area (Å²) in [5, 5.41) is -0.375. The van der Waals surface area contributed by atoms with Crippen molar-refractivity contribution in [3.05, 3.63) is 29.8 Å². The van der Waals surface area contributed by atoms with Gasteiger partial charge in [-0.15, -0.1) is 0 Å². The fourth-order valence-electron chi connectivity index (χ4n) is 3.42. The van der Waals surface area contributed by atoms with Crippen LogP contribution in [-0.4, -0.2) is 60.8 Å². The van der Waals surface area contributed by atoms with Gasteiger partial charge in [-0.05, 0) is 49.2 Å². The zero-order valence-electron chi connectivity index (χ0n) is 13.4. The van der Waals surface area contributed by atoms with E-state index in [1.54, 1.807) is 4.90 Å².